The summed E-state index contributed by atoms with van der Waals surface area (Å²) >= 11 is 0. The summed E-state index contributed by atoms with van der Waals surface area (Å²) in [6.07, 6.45) is 0. The minimum atomic E-state index is -1.06. The quantitative estimate of drug-likeness (QED) is 0.798. The molecule has 0 aliphatic heterocycles. The normalized spacial score (nSPS) is 10.2. The van der Waals surface area contributed by atoms with Gasteiger partial charge in [-0.3, -0.25) is 0 Å². The van der Waals surface area contributed by atoms with E-state index < -0.39 is 5.97 Å². The molecule has 0 unspecified atom stereocenters. The van der Waals surface area contributed by atoms with Crippen LogP contribution in [0.5, 0.6) is 0 Å². The van der Waals surface area contributed by atoms with Gasteiger partial charge in [0.05, 0.1) is 11.4 Å². The zero-order chi connectivity index (χ0) is 10.8. The average Bonchev–Trinajstić information content (AvgIpc) is 2.62. The van der Waals surface area contributed by atoms with Crippen LogP contribution in [0.3, 0.4) is 0 Å². The van der Waals surface area contributed by atoms with Gasteiger partial charge in [-0.2, -0.15) is 9.90 Å². The van der Waals surface area contributed by atoms with Crippen molar-refractivity contribution in [3.05, 3.63) is 41.7 Å². The Bertz CT molecular complexity index is 491. The highest BCUT2D eigenvalue weighted by Crippen LogP contribution is 2.07. The van der Waals surface area contributed by atoms with Crippen LogP contribution >= 0.6 is 0 Å². The summed E-state index contributed by atoms with van der Waals surface area (Å²) in [6, 6.07) is 9.18. The van der Waals surface area contributed by atoms with E-state index >= 15 is 0 Å². The molecule has 1 heterocycles. The molecule has 15 heavy (non-hydrogen) atoms. The van der Waals surface area contributed by atoms with Crippen LogP contribution in [-0.2, 0) is 0 Å². The molecule has 1 aromatic heterocycles. The first-order valence-corrected chi connectivity index (χ1v) is 4.41. The van der Waals surface area contributed by atoms with Crippen molar-refractivity contribution >= 4 is 5.97 Å². The Kier molecular flexibility index (Phi) is 2.21. The van der Waals surface area contributed by atoms with Crippen LogP contribution in [-0.4, -0.2) is 26.1 Å². The first-order valence-electron chi connectivity index (χ1n) is 4.41. The third-order valence-electron chi connectivity index (χ3n) is 1.97. The molecule has 0 spiro atoms. The minimum absolute atomic E-state index is 0.0150. The van der Waals surface area contributed by atoms with E-state index in [9.17, 15) is 4.79 Å². The van der Waals surface area contributed by atoms with Gasteiger partial charge in [-0.05, 0) is 19.1 Å². The number of carboxylic acids is 1. The van der Waals surface area contributed by atoms with Crippen molar-refractivity contribution in [1.82, 2.24) is 15.0 Å². The van der Waals surface area contributed by atoms with E-state index in [1.807, 2.05) is 30.3 Å². The number of carboxylic acid groups (broad SMARTS) is 1. The smallest absolute Gasteiger partial charge is 0.358 e. The van der Waals surface area contributed by atoms with Crippen molar-refractivity contribution in [2.45, 2.75) is 6.92 Å². The minimum Gasteiger partial charge on any atom is -0.476 e. The first kappa shape index (κ1) is 9.39. The van der Waals surface area contributed by atoms with Gasteiger partial charge in [-0.25, -0.2) is 4.79 Å². The van der Waals surface area contributed by atoms with Crippen LogP contribution in [0.25, 0.3) is 5.69 Å². The van der Waals surface area contributed by atoms with Crippen LogP contribution in [0.4, 0.5) is 0 Å². The zero-order valence-electron chi connectivity index (χ0n) is 8.08. The summed E-state index contributed by atoms with van der Waals surface area (Å²) in [5.74, 6) is -1.06. The summed E-state index contributed by atoms with van der Waals surface area (Å²) in [4.78, 5) is 12.1. The van der Waals surface area contributed by atoms with Crippen molar-refractivity contribution < 1.29 is 9.90 Å². The van der Waals surface area contributed by atoms with Gasteiger partial charge in [0.2, 0.25) is 0 Å². The standard InChI is InChI=1S/C10H9N3O2/c1-7-9(10(14)15)12-13(11-7)8-5-3-2-4-6-8/h2-6H,1H3,(H,14,15). The predicted molar refractivity (Wildman–Crippen MR) is 53.1 cm³/mol. The number of benzene rings is 1. The van der Waals surface area contributed by atoms with E-state index in [-0.39, 0.29) is 5.69 Å². The summed E-state index contributed by atoms with van der Waals surface area (Å²) in [5.41, 5.74) is 1.14. The number of hydrogen-bond acceptors (Lipinski definition) is 3. The Balaban J connectivity index is 2.48. The highest BCUT2D eigenvalue weighted by Gasteiger charge is 2.14. The van der Waals surface area contributed by atoms with Crippen molar-refractivity contribution in [1.29, 1.82) is 0 Å². The van der Waals surface area contributed by atoms with Gasteiger partial charge in [0.15, 0.2) is 5.69 Å². The molecular formula is C10H9N3O2. The SMILES string of the molecule is Cc1nn(-c2ccccc2)nc1C(=O)O. The summed E-state index contributed by atoms with van der Waals surface area (Å²) in [7, 11) is 0. The molecule has 0 radical (unpaired) electrons. The second-order valence-electron chi connectivity index (χ2n) is 3.06. The summed E-state index contributed by atoms with van der Waals surface area (Å²) in [6.45, 7) is 1.62. The van der Waals surface area contributed by atoms with Gasteiger partial charge in [-0.15, -0.1) is 5.10 Å². The van der Waals surface area contributed by atoms with Gasteiger partial charge in [0.1, 0.15) is 0 Å². The molecule has 1 aromatic carbocycles. The molecule has 0 amide bonds. The number of hydrogen-bond donors (Lipinski definition) is 1. The average molecular weight is 203 g/mol. The molecule has 0 saturated carbocycles. The fourth-order valence-corrected chi connectivity index (χ4v) is 1.25. The fourth-order valence-electron chi connectivity index (χ4n) is 1.25. The van der Waals surface area contributed by atoms with E-state index in [2.05, 4.69) is 10.2 Å². The molecule has 5 heteroatoms. The van der Waals surface area contributed by atoms with Crippen LogP contribution in [0.2, 0.25) is 0 Å². The van der Waals surface area contributed by atoms with Gasteiger partial charge >= 0.3 is 5.97 Å². The molecule has 76 valence electrons. The second kappa shape index (κ2) is 3.53. The molecule has 0 fully saturated rings. The highest BCUT2D eigenvalue weighted by molar-refractivity contribution is 5.86. The Morgan fingerprint density at radius 3 is 2.47 bits per heavy atom. The monoisotopic (exact) mass is 203 g/mol. The Morgan fingerprint density at radius 2 is 1.93 bits per heavy atom. The lowest BCUT2D eigenvalue weighted by molar-refractivity contribution is 0.0689. The van der Waals surface area contributed by atoms with E-state index in [0.29, 0.717) is 5.69 Å². The first-order chi connectivity index (χ1) is 7.18. The molecule has 0 aliphatic rings. The molecule has 0 saturated heterocycles. The van der Waals surface area contributed by atoms with E-state index in [0.717, 1.165) is 5.69 Å². The molecule has 5 nitrogen and oxygen atoms in total. The summed E-state index contributed by atoms with van der Waals surface area (Å²) < 4.78 is 0. The Labute approximate surface area is 86.0 Å². The number of para-hydroxylation sites is 1. The van der Waals surface area contributed by atoms with Gasteiger partial charge < -0.3 is 5.11 Å². The van der Waals surface area contributed by atoms with Gasteiger partial charge in [-0.1, -0.05) is 18.2 Å². The molecule has 0 bridgehead atoms. The molecule has 2 aromatic rings. The van der Waals surface area contributed by atoms with Gasteiger partial charge in [0.25, 0.3) is 0 Å². The van der Waals surface area contributed by atoms with Crippen molar-refractivity contribution in [2.24, 2.45) is 0 Å². The third kappa shape index (κ3) is 1.71. The van der Waals surface area contributed by atoms with E-state index in [1.165, 1.54) is 4.80 Å². The molecule has 0 aliphatic carbocycles. The second-order valence-corrected chi connectivity index (χ2v) is 3.06. The predicted octanol–water partition coefficient (Wildman–Crippen LogP) is 1.27. The Hall–Kier alpha value is -2.17. The van der Waals surface area contributed by atoms with Crippen molar-refractivity contribution in [3.8, 4) is 5.69 Å². The molecule has 2 rings (SSSR count). The molecule has 1 N–H and O–H groups in total. The van der Waals surface area contributed by atoms with Crippen molar-refractivity contribution in [3.63, 3.8) is 0 Å². The fraction of sp³-hybridized carbons (Fsp3) is 0.100. The van der Waals surface area contributed by atoms with Gasteiger partial charge in [0, 0.05) is 0 Å². The number of rotatable bonds is 2. The lowest BCUT2D eigenvalue weighted by Crippen LogP contribution is -2.02. The maximum atomic E-state index is 10.8. The number of aryl methyl sites for hydroxylation is 1. The maximum absolute atomic E-state index is 10.8. The van der Waals surface area contributed by atoms with E-state index in [1.54, 1.807) is 6.92 Å². The third-order valence-corrected chi connectivity index (χ3v) is 1.97. The maximum Gasteiger partial charge on any atom is 0.358 e. The number of carbonyl (C=O) groups is 1. The largest absolute Gasteiger partial charge is 0.476 e. The molecular weight excluding hydrogens is 194 g/mol. The van der Waals surface area contributed by atoms with E-state index in [4.69, 9.17) is 5.11 Å². The van der Waals surface area contributed by atoms with Crippen LogP contribution < -0.4 is 0 Å². The zero-order valence-corrected chi connectivity index (χ0v) is 8.08. The lowest BCUT2D eigenvalue weighted by atomic mass is 10.3. The number of nitrogens with zero attached hydrogens (tertiary/aromatic N) is 3. The Morgan fingerprint density at radius 1 is 1.27 bits per heavy atom. The van der Waals surface area contributed by atoms with Crippen LogP contribution in [0.15, 0.2) is 30.3 Å². The van der Waals surface area contributed by atoms with Crippen molar-refractivity contribution in [2.75, 3.05) is 0 Å². The van der Waals surface area contributed by atoms with Crippen LogP contribution in [0.1, 0.15) is 16.2 Å². The summed E-state index contributed by atoms with van der Waals surface area (Å²) in [5, 5.41) is 16.7. The highest BCUT2D eigenvalue weighted by atomic mass is 16.4. The number of aromatic carboxylic acids is 1. The lowest BCUT2D eigenvalue weighted by Gasteiger charge is -1.96. The number of aromatic nitrogens is 3. The van der Waals surface area contributed by atoms with Crippen LogP contribution in [0, 0.1) is 6.92 Å². The molecule has 0 atom stereocenters. The topological polar surface area (TPSA) is 68.0 Å².